The van der Waals surface area contributed by atoms with Gasteiger partial charge in [-0.05, 0) is 19.4 Å². The number of esters is 2. The van der Waals surface area contributed by atoms with Crippen molar-refractivity contribution in [2.75, 3.05) is 0 Å². The number of aliphatic hydroxyl groups is 1. The van der Waals surface area contributed by atoms with Crippen molar-refractivity contribution in [3.8, 4) is 0 Å². The van der Waals surface area contributed by atoms with Gasteiger partial charge in [-0.1, -0.05) is 24.3 Å². The Bertz CT molecular complexity index is 625. The average molecular weight is 304 g/mol. The Hall–Kier alpha value is -1.88. The molecule has 0 bridgehead atoms. The first kappa shape index (κ1) is 15.0. The van der Waals surface area contributed by atoms with E-state index in [1.165, 1.54) is 6.92 Å². The van der Waals surface area contributed by atoms with Gasteiger partial charge in [0.25, 0.3) is 0 Å². The van der Waals surface area contributed by atoms with E-state index in [0.717, 1.165) is 11.1 Å². The molecule has 0 aromatic carbocycles. The summed E-state index contributed by atoms with van der Waals surface area (Å²) in [5.74, 6) is -1.67. The number of allylic oxidation sites excluding steroid dienone is 1. The Labute approximate surface area is 129 Å². The van der Waals surface area contributed by atoms with Gasteiger partial charge in [0.2, 0.25) is 0 Å². The van der Waals surface area contributed by atoms with Crippen LogP contribution in [0, 0.1) is 11.8 Å². The van der Waals surface area contributed by atoms with Crippen LogP contribution >= 0.6 is 0 Å². The lowest BCUT2D eigenvalue weighted by Crippen LogP contribution is -2.43. The molecule has 0 amide bonds. The molecule has 118 valence electrons. The topological polar surface area (TPSA) is 72.8 Å². The zero-order chi connectivity index (χ0) is 16.2. The third kappa shape index (κ3) is 2.11. The summed E-state index contributed by atoms with van der Waals surface area (Å²) in [6.07, 6.45) is 3.05. The van der Waals surface area contributed by atoms with E-state index in [0.29, 0.717) is 12.0 Å². The fourth-order valence-electron chi connectivity index (χ4n) is 3.89. The lowest BCUT2D eigenvalue weighted by Gasteiger charge is -2.33. The smallest absolute Gasteiger partial charge is 0.334 e. The normalized spacial score (nSPS) is 40.2. The molecule has 5 atom stereocenters. The van der Waals surface area contributed by atoms with Gasteiger partial charge in [-0.25, -0.2) is 4.79 Å². The van der Waals surface area contributed by atoms with Crippen LogP contribution in [0.5, 0.6) is 0 Å². The van der Waals surface area contributed by atoms with Crippen LogP contribution in [0.2, 0.25) is 0 Å². The second-order valence-electron chi connectivity index (χ2n) is 6.55. The molecule has 3 rings (SSSR count). The highest BCUT2D eigenvalue weighted by molar-refractivity contribution is 5.91. The van der Waals surface area contributed by atoms with Crippen LogP contribution < -0.4 is 0 Å². The van der Waals surface area contributed by atoms with E-state index in [9.17, 15) is 14.7 Å². The monoisotopic (exact) mass is 304 g/mol. The molecule has 5 heteroatoms. The zero-order valence-electron chi connectivity index (χ0n) is 13.0. The molecular weight excluding hydrogens is 284 g/mol. The molecule has 1 saturated heterocycles. The molecule has 0 spiro atoms. The number of fused-ring (bicyclic) bond motifs is 3. The largest absolute Gasteiger partial charge is 0.461 e. The first-order valence-corrected chi connectivity index (χ1v) is 7.40. The van der Waals surface area contributed by atoms with Gasteiger partial charge in [-0.15, -0.1) is 0 Å². The highest BCUT2D eigenvalue weighted by Gasteiger charge is 2.56. The number of carbonyl (C=O) groups excluding carboxylic acids is 2. The Morgan fingerprint density at radius 1 is 1.55 bits per heavy atom. The van der Waals surface area contributed by atoms with Gasteiger partial charge in [0.15, 0.2) is 0 Å². The third-order valence-corrected chi connectivity index (χ3v) is 4.87. The molecule has 1 heterocycles. The van der Waals surface area contributed by atoms with Gasteiger partial charge in [0, 0.05) is 18.9 Å². The van der Waals surface area contributed by atoms with Crippen molar-refractivity contribution in [1.82, 2.24) is 0 Å². The minimum atomic E-state index is -1.10. The summed E-state index contributed by atoms with van der Waals surface area (Å²) in [6, 6.07) is 0. The third-order valence-electron chi connectivity index (χ3n) is 4.87. The molecule has 22 heavy (non-hydrogen) atoms. The molecule has 1 fully saturated rings. The van der Waals surface area contributed by atoms with Crippen LogP contribution in [-0.2, 0) is 19.1 Å². The van der Waals surface area contributed by atoms with Crippen molar-refractivity contribution in [3.05, 3.63) is 35.5 Å². The van der Waals surface area contributed by atoms with E-state index in [1.807, 2.05) is 13.0 Å². The van der Waals surface area contributed by atoms with E-state index in [-0.39, 0.29) is 5.92 Å². The van der Waals surface area contributed by atoms with Crippen LogP contribution in [0.4, 0.5) is 0 Å². The van der Waals surface area contributed by atoms with Crippen LogP contribution in [0.25, 0.3) is 0 Å². The maximum absolute atomic E-state index is 12.0. The number of rotatable bonds is 1. The van der Waals surface area contributed by atoms with E-state index < -0.39 is 35.7 Å². The summed E-state index contributed by atoms with van der Waals surface area (Å²) >= 11 is 0. The first-order chi connectivity index (χ1) is 10.2. The molecule has 0 radical (unpaired) electrons. The lowest BCUT2D eigenvalue weighted by molar-refractivity contribution is -0.151. The van der Waals surface area contributed by atoms with Gasteiger partial charge < -0.3 is 14.6 Å². The van der Waals surface area contributed by atoms with E-state index in [2.05, 4.69) is 6.58 Å². The van der Waals surface area contributed by atoms with Crippen LogP contribution in [0.3, 0.4) is 0 Å². The van der Waals surface area contributed by atoms with Crippen molar-refractivity contribution >= 4 is 11.9 Å². The average Bonchev–Trinajstić information content (AvgIpc) is 2.81. The summed E-state index contributed by atoms with van der Waals surface area (Å²) in [5.41, 5.74) is 1.20. The highest BCUT2D eigenvalue weighted by Crippen LogP contribution is 2.49. The molecule has 1 aliphatic heterocycles. The van der Waals surface area contributed by atoms with Crippen molar-refractivity contribution in [1.29, 1.82) is 0 Å². The lowest BCUT2D eigenvalue weighted by atomic mass is 9.78. The van der Waals surface area contributed by atoms with Crippen molar-refractivity contribution < 1.29 is 24.2 Å². The molecule has 5 nitrogen and oxygen atoms in total. The maximum atomic E-state index is 12.0. The van der Waals surface area contributed by atoms with Crippen LogP contribution in [0.15, 0.2) is 35.5 Å². The summed E-state index contributed by atoms with van der Waals surface area (Å²) in [7, 11) is 0. The Kier molecular flexibility index (Phi) is 3.29. The first-order valence-electron chi connectivity index (χ1n) is 7.40. The summed E-state index contributed by atoms with van der Waals surface area (Å²) in [6.45, 7) is 8.82. The van der Waals surface area contributed by atoms with Crippen molar-refractivity contribution in [2.45, 2.75) is 45.0 Å². The second-order valence-corrected chi connectivity index (χ2v) is 6.55. The maximum Gasteiger partial charge on any atom is 0.334 e. The van der Waals surface area contributed by atoms with E-state index in [4.69, 9.17) is 9.47 Å². The van der Waals surface area contributed by atoms with Crippen LogP contribution in [-0.4, -0.2) is 34.9 Å². The molecule has 0 saturated carbocycles. The quantitative estimate of drug-likeness (QED) is 0.589. The van der Waals surface area contributed by atoms with Crippen molar-refractivity contribution in [3.63, 3.8) is 0 Å². The number of hydrogen-bond acceptors (Lipinski definition) is 5. The number of hydrogen-bond donors (Lipinski definition) is 1. The Balaban J connectivity index is 2.09. The van der Waals surface area contributed by atoms with E-state index >= 15 is 0 Å². The minimum absolute atomic E-state index is 0.313. The molecule has 0 unspecified atom stereocenters. The number of carbonyl (C=O) groups is 2. The summed E-state index contributed by atoms with van der Waals surface area (Å²) in [5, 5.41) is 10.7. The predicted molar refractivity (Wildman–Crippen MR) is 78.6 cm³/mol. The fraction of sp³-hybridized carbons (Fsp3) is 0.529. The molecule has 3 aliphatic rings. The zero-order valence-corrected chi connectivity index (χ0v) is 13.0. The predicted octanol–water partition coefficient (Wildman–Crippen LogP) is 1.67. The minimum Gasteiger partial charge on any atom is -0.461 e. The molecule has 0 aromatic heterocycles. The molecule has 1 N–H and O–H groups in total. The van der Waals surface area contributed by atoms with Crippen LogP contribution in [0.1, 0.15) is 27.2 Å². The standard InChI is InChI=1S/C17H20O5/c1-8-7-12(21-10(3)18)13-9(2)16(19)22-15(13)14-11(8)5-6-17(14,4)20/h5-6,12-15,20H,2,7H2,1,3-4H3/t12-,13+,14-,15-,17+/m0/s1. The summed E-state index contributed by atoms with van der Waals surface area (Å²) in [4.78, 5) is 23.4. The molecular formula is C17H20O5. The van der Waals surface area contributed by atoms with Gasteiger partial charge in [0.1, 0.15) is 12.2 Å². The molecule has 2 aliphatic carbocycles. The SMILES string of the molecule is C=C1C(=O)O[C@H]2[C@H]1[C@@H](OC(C)=O)CC(C)=C1C=C[C@@](C)(O)[C@@H]12. The van der Waals surface area contributed by atoms with Gasteiger partial charge in [0.05, 0.1) is 17.4 Å². The number of ether oxygens (including phenoxy) is 2. The summed E-state index contributed by atoms with van der Waals surface area (Å²) < 4.78 is 10.9. The Morgan fingerprint density at radius 2 is 2.23 bits per heavy atom. The van der Waals surface area contributed by atoms with Gasteiger partial charge >= 0.3 is 11.9 Å². The Morgan fingerprint density at radius 3 is 2.86 bits per heavy atom. The van der Waals surface area contributed by atoms with Gasteiger partial charge in [-0.2, -0.15) is 0 Å². The van der Waals surface area contributed by atoms with E-state index in [1.54, 1.807) is 13.0 Å². The van der Waals surface area contributed by atoms with Crippen molar-refractivity contribution in [2.24, 2.45) is 11.8 Å². The second kappa shape index (κ2) is 4.81. The fourth-order valence-corrected chi connectivity index (χ4v) is 3.89. The van der Waals surface area contributed by atoms with Gasteiger partial charge in [-0.3, -0.25) is 4.79 Å². The molecule has 0 aromatic rings. The highest BCUT2D eigenvalue weighted by atomic mass is 16.6.